The van der Waals surface area contributed by atoms with Gasteiger partial charge in [0.2, 0.25) is 0 Å². The maximum atomic E-state index is 9.62. The summed E-state index contributed by atoms with van der Waals surface area (Å²) in [4.78, 5) is 0. The Balaban J connectivity index is 1.69. The number of rotatable bonds is 4. The SMILES string of the molecule is CCC1CCC(C#N)(Cc2ccn(C3CCCC3)n2)C1. The van der Waals surface area contributed by atoms with Gasteiger partial charge in [0, 0.05) is 12.6 Å². The third kappa shape index (κ3) is 2.61. The molecule has 2 atom stereocenters. The third-order valence-corrected chi connectivity index (χ3v) is 5.41. The minimum absolute atomic E-state index is 0.143. The normalized spacial score (nSPS) is 30.7. The van der Waals surface area contributed by atoms with Crippen LogP contribution in [-0.4, -0.2) is 9.78 Å². The van der Waals surface area contributed by atoms with Gasteiger partial charge in [-0.1, -0.05) is 26.2 Å². The number of hydrogen-bond acceptors (Lipinski definition) is 2. The van der Waals surface area contributed by atoms with E-state index in [0.29, 0.717) is 6.04 Å². The van der Waals surface area contributed by atoms with Crippen LogP contribution in [0.5, 0.6) is 0 Å². The van der Waals surface area contributed by atoms with Gasteiger partial charge in [-0.15, -0.1) is 0 Å². The van der Waals surface area contributed by atoms with Crippen molar-refractivity contribution in [2.45, 2.75) is 70.8 Å². The van der Waals surface area contributed by atoms with E-state index in [1.54, 1.807) is 0 Å². The molecule has 0 amide bonds. The van der Waals surface area contributed by atoms with Gasteiger partial charge >= 0.3 is 0 Å². The molecule has 0 bridgehead atoms. The van der Waals surface area contributed by atoms with Gasteiger partial charge in [0.05, 0.1) is 23.2 Å². The van der Waals surface area contributed by atoms with Crippen molar-refractivity contribution in [1.29, 1.82) is 5.26 Å². The Labute approximate surface area is 122 Å². The zero-order valence-electron chi connectivity index (χ0n) is 12.5. The van der Waals surface area contributed by atoms with E-state index in [2.05, 4.69) is 29.9 Å². The largest absolute Gasteiger partial charge is 0.269 e. The van der Waals surface area contributed by atoms with E-state index in [4.69, 9.17) is 5.10 Å². The van der Waals surface area contributed by atoms with Crippen LogP contribution in [0.3, 0.4) is 0 Å². The van der Waals surface area contributed by atoms with Crippen molar-refractivity contribution in [3.8, 4) is 6.07 Å². The Morgan fingerprint density at radius 1 is 1.40 bits per heavy atom. The predicted molar refractivity (Wildman–Crippen MR) is 79.1 cm³/mol. The summed E-state index contributed by atoms with van der Waals surface area (Å²) in [5.41, 5.74) is 0.977. The van der Waals surface area contributed by atoms with Crippen molar-refractivity contribution in [3.63, 3.8) is 0 Å². The van der Waals surface area contributed by atoms with Crippen molar-refractivity contribution < 1.29 is 0 Å². The van der Waals surface area contributed by atoms with Crippen LogP contribution in [0.4, 0.5) is 0 Å². The maximum Gasteiger partial charge on any atom is 0.0693 e. The first-order valence-corrected chi connectivity index (χ1v) is 8.20. The van der Waals surface area contributed by atoms with Crippen molar-refractivity contribution in [3.05, 3.63) is 18.0 Å². The Morgan fingerprint density at radius 3 is 2.85 bits per heavy atom. The molecule has 1 aromatic rings. The van der Waals surface area contributed by atoms with Gasteiger partial charge in [0.25, 0.3) is 0 Å². The fourth-order valence-corrected chi connectivity index (χ4v) is 4.08. The van der Waals surface area contributed by atoms with Gasteiger partial charge in [-0.05, 0) is 44.1 Å². The summed E-state index contributed by atoms with van der Waals surface area (Å²) in [5, 5.41) is 14.4. The smallest absolute Gasteiger partial charge is 0.0693 e. The second kappa shape index (κ2) is 5.60. The van der Waals surface area contributed by atoms with Gasteiger partial charge in [-0.2, -0.15) is 10.4 Å². The average Bonchev–Trinajstić information content (AvgIpc) is 3.19. The van der Waals surface area contributed by atoms with Gasteiger partial charge in [0.15, 0.2) is 0 Å². The van der Waals surface area contributed by atoms with E-state index in [0.717, 1.165) is 30.9 Å². The molecule has 2 aliphatic rings. The quantitative estimate of drug-likeness (QED) is 0.821. The lowest BCUT2D eigenvalue weighted by Crippen LogP contribution is -2.18. The molecule has 0 radical (unpaired) electrons. The van der Waals surface area contributed by atoms with E-state index in [9.17, 15) is 5.26 Å². The van der Waals surface area contributed by atoms with E-state index < -0.39 is 0 Å². The molecule has 1 aromatic heterocycles. The Hall–Kier alpha value is -1.30. The Morgan fingerprint density at radius 2 is 2.20 bits per heavy atom. The molecule has 1 heterocycles. The van der Waals surface area contributed by atoms with Crippen LogP contribution in [0.15, 0.2) is 12.3 Å². The fourth-order valence-electron chi connectivity index (χ4n) is 4.08. The molecule has 108 valence electrons. The molecule has 2 unspecified atom stereocenters. The van der Waals surface area contributed by atoms with Crippen molar-refractivity contribution in [1.82, 2.24) is 9.78 Å². The predicted octanol–water partition coefficient (Wildman–Crippen LogP) is 4.26. The van der Waals surface area contributed by atoms with E-state index in [-0.39, 0.29) is 5.41 Å². The highest BCUT2D eigenvalue weighted by molar-refractivity contribution is 5.13. The second-order valence-corrected chi connectivity index (χ2v) is 6.81. The van der Waals surface area contributed by atoms with Crippen molar-refractivity contribution in [2.75, 3.05) is 0 Å². The number of nitriles is 1. The molecule has 3 heteroatoms. The molecule has 0 aromatic carbocycles. The summed E-state index contributed by atoms with van der Waals surface area (Å²) in [6.07, 6.45) is 12.7. The molecule has 0 aliphatic heterocycles. The Kier molecular flexibility index (Phi) is 3.83. The van der Waals surface area contributed by atoms with Crippen LogP contribution in [-0.2, 0) is 6.42 Å². The minimum Gasteiger partial charge on any atom is -0.269 e. The van der Waals surface area contributed by atoms with Crippen molar-refractivity contribution in [2.24, 2.45) is 11.3 Å². The van der Waals surface area contributed by atoms with Crippen LogP contribution in [0.2, 0.25) is 0 Å². The molecular weight excluding hydrogens is 246 g/mol. The third-order valence-electron chi connectivity index (χ3n) is 5.41. The monoisotopic (exact) mass is 271 g/mol. The van der Waals surface area contributed by atoms with Crippen LogP contribution in [0.25, 0.3) is 0 Å². The van der Waals surface area contributed by atoms with Crippen LogP contribution in [0, 0.1) is 22.7 Å². The molecule has 2 saturated carbocycles. The standard InChI is InChI=1S/C17H25N3/c1-2-14-7-9-17(11-14,13-18)12-15-8-10-20(19-15)16-5-3-4-6-16/h8,10,14,16H,2-7,9,11-12H2,1H3. The number of nitrogens with zero attached hydrogens (tertiary/aromatic N) is 3. The summed E-state index contributed by atoms with van der Waals surface area (Å²) < 4.78 is 2.15. The van der Waals surface area contributed by atoms with E-state index in [1.807, 2.05) is 0 Å². The van der Waals surface area contributed by atoms with Gasteiger partial charge in [-0.25, -0.2) is 0 Å². The van der Waals surface area contributed by atoms with Crippen LogP contribution >= 0.6 is 0 Å². The highest BCUT2D eigenvalue weighted by atomic mass is 15.3. The van der Waals surface area contributed by atoms with E-state index >= 15 is 0 Å². The zero-order chi connectivity index (χ0) is 14.0. The first kappa shape index (κ1) is 13.7. The highest BCUT2D eigenvalue weighted by Crippen LogP contribution is 2.44. The van der Waals surface area contributed by atoms with Crippen LogP contribution < -0.4 is 0 Å². The molecule has 0 N–H and O–H groups in total. The summed E-state index contributed by atoms with van der Waals surface area (Å²) in [6.45, 7) is 2.24. The molecule has 3 rings (SSSR count). The molecule has 0 saturated heterocycles. The molecule has 3 nitrogen and oxygen atoms in total. The topological polar surface area (TPSA) is 41.6 Å². The molecule has 2 aliphatic carbocycles. The fraction of sp³-hybridized carbons (Fsp3) is 0.765. The van der Waals surface area contributed by atoms with Crippen molar-refractivity contribution >= 4 is 0 Å². The lowest BCUT2D eigenvalue weighted by molar-refractivity contribution is 0.372. The molecular formula is C17H25N3. The second-order valence-electron chi connectivity index (χ2n) is 6.81. The average molecular weight is 271 g/mol. The first-order chi connectivity index (χ1) is 9.74. The lowest BCUT2D eigenvalue weighted by Gasteiger charge is -2.19. The minimum atomic E-state index is -0.143. The maximum absolute atomic E-state index is 9.62. The molecule has 0 spiro atoms. The summed E-state index contributed by atoms with van der Waals surface area (Å²) in [5.74, 6) is 0.742. The summed E-state index contributed by atoms with van der Waals surface area (Å²) in [7, 11) is 0. The van der Waals surface area contributed by atoms with Gasteiger partial charge in [-0.3, -0.25) is 4.68 Å². The lowest BCUT2D eigenvalue weighted by atomic mass is 9.82. The summed E-state index contributed by atoms with van der Waals surface area (Å²) >= 11 is 0. The zero-order valence-corrected chi connectivity index (χ0v) is 12.5. The molecule has 20 heavy (non-hydrogen) atoms. The highest BCUT2D eigenvalue weighted by Gasteiger charge is 2.39. The van der Waals surface area contributed by atoms with Crippen LogP contribution in [0.1, 0.15) is 70.0 Å². The van der Waals surface area contributed by atoms with Gasteiger partial charge < -0.3 is 0 Å². The molecule has 2 fully saturated rings. The van der Waals surface area contributed by atoms with Gasteiger partial charge in [0.1, 0.15) is 0 Å². The summed E-state index contributed by atoms with van der Waals surface area (Å²) in [6, 6.07) is 5.36. The Bertz CT molecular complexity index is 493. The first-order valence-electron chi connectivity index (χ1n) is 8.20. The van der Waals surface area contributed by atoms with E-state index in [1.165, 1.54) is 38.5 Å². The number of aromatic nitrogens is 2. The number of hydrogen-bond donors (Lipinski definition) is 0.